The first-order valence-electron chi connectivity index (χ1n) is 21.0. The number of nitrogens with one attached hydrogen (secondary N) is 3. The molecule has 2 aliphatic heterocycles. The van der Waals surface area contributed by atoms with Gasteiger partial charge < -0.3 is 29.7 Å². The summed E-state index contributed by atoms with van der Waals surface area (Å²) < 4.78 is 20.0. The number of carbonyl (C=O) groups excluding carboxylic acids is 2. The van der Waals surface area contributed by atoms with Gasteiger partial charge in [0.2, 0.25) is 18.3 Å². The van der Waals surface area contributed by atoms with Gasteiger partial charge in [-0.1, -0.05) is 19.1 Å². The number of piperazine rings is 1. The minimum Gasteiger partial charge on any atom is -0.494 e. The molecule has 16 heteroatoms. The number of benzene rings is 3. The molecule has 14 nitrogen and oxygen atoms in total. The summed E-state index contributed by atoms with van der Waals surface area (Å²) in [5, 5.41) is 9.58. The van der Waals surface area contributed by atoms with Crippen LogP contribution in [0, 0.1) is 12.8 Å². The van der Waals surface area contributed by atoms with E-state index in [1.807, 2.05) is 12.1 Å². The molecule has 2 aromatic heterocycles. The number of methoxy groups -OCH3 is 1. The lowest BCUT2D eigenvalue weighted by Gasteiger charge is -2.38. The number of rotatable bonds is 16. The van der Waals surface area contributed by atoms with E-state index in [9.17, 15) is 14.2 Å². The number of imide groups is 1. The number of hydrogen-bond donors (Lipinski definition) is 3. The van der Waals surface area contributed by atoms with Gasteiger partial charge in [0, 0.05) is 81.7 Å². The first-order valence-corrected chi connectivity index (χ1v) is 24.4. The molecular weight excluding hydrogens is 855 g/mol. The fourth-order valence-corrected chi connectivity index (χ4v) is 10.1. The second-order valence-corrected chi connectivity index (χ2v) is 20.5. The summed E-state index contributed by atoms with van der Waals surface area (Å²) in [6.45, 7) is 14.9. The van der Waals surface area contributed by atoms with E-state index in [-0.39, 0.29) is 11.8 Å². The van der Waals surface area contributed by atoms with Crippen molar-refractivity contribution >= 4 is 86.2 Å². The summed E-state index contributed by atoms with van der Waals surface area (Å²) in [7, 11) is -1.08. The van der Waals surface area contributed by atoms with Gasteiger partial charge in [0.05, 0.1) is 33.8 Å². The van der Waals surface area contributed by atoms with Gasteiger partial charge in [0.25, 0.3) is 0 Å². The zero-order valence-electron chi connectivity index (χ0n) is 35.7. The maximum Gasteiger partial charge on any atom is 0.229 e. The lowest BCUT2D eigenvalue weighted by molar-refractivity contribution is -0.125. The van der Waals surface area contributed by atoms with Crippen molar-refractivity contribution in [1.82, 2.24) is 30.2 Å². The maximum absolute atomic E-state index is 13.5. The highest BCUT2D eigenvalue weighted by atomic mass is 79.9. The van der Waals surface area contributed by atoms with Crippen LogP contribution in [0.4, 0.5) is 34.5 Å². The third-order valence-electron chi connectivity index (χ3n) is 11.9. The molecule has 0 saturated carbocycles. The van der Waals surface area contributed by atoms with Crippen LogP contribution in [-0.2, 0) is 14.2 Å². The van der Waals surface area contributed by atoms with Crippen molar-refractivity contribution in [3.05, 3.63) is 82.7 Å². The van der Waals surface area contributed by atoms with Crippen LogP contribution in [0.2, 0.25) is 0 Å². The van der Waals surface area contributed by atoms with Gasteiger partial charge in [0.15, 0.2) is 0 Å². The predicted molar refractivity (Wildman–Crippen MR) is 249 cm³/mol. The van der Waals surface area contributed by atoms with E-state index in [0.29, 0.717) is 63.3 Å². The number of halogens is 1. The molecule has 1 unspecified atom stereocenters. The fraction of sp³-hybridized carbons (Fsp3) is 0.422. The summed E-state index contributed by atoms with van der Waals surface area (Å²) in [5.41, 5.74) is 7.46. The predicted octanol–water partition coefficient (Wildman–Crippen LogP) is 7.82. The Balaban J connectivity index is 0.903. The van der Waals surface area contributed by atoms with E-state index in [2.05, 4.69) is 112 Å². The summed E-state index contributed by atoms with van der Waals surface area (Å²) >= 11 is 3.59. The van der Waals surface area contributed by atoms with Crippen LogP contribution in [-0.4, -0.2) is 103 Å². The molecular formula is C45H56BrN10O4P. The monoisotopic (exact) mass is 910 g/mol. The molecule has 0 aliphatic carbocycles. The van der Waals surface area contributed by atoms with Crippen LogP contribution < -0.4 is 35.8 Å². The zero-order chi connectivity index (χ0) is 43.1. The normalized spacial score (nSPS) is 15.7. The number of fused-ring (bicyclic) bond motifs is 1. The van der Waals surface area contributed by atoms with Crippen molar-refractivity contribution in [1.29, 1.82) is 0 Å². The lowest BCUT2D eigenvalue weighted by atomic mass is 9.92. The SMILES string of the molecule is COc1cc(N2CCN(CCC3CCN(c4ccc(C(C)CCC(=O)NC=O)cc4)CC3)CC2)c(C)cc1Nc1ncc(Br)c(Nc2ccc3nccnc3c2P(C)(C)=O)n1. The van der Waals surface area contributed by atoms with Crippen molar-refractivity contribution in [2.24, 2.45) is 5.92 Å². The van der Waals surface area contributed by atoms with Crippen molar-refractivity contribution < 1.29 is 18.9 Å². The van der Waals surface area contributed by atoms with Crippen LogP contribution in [0.5, 0.6) is 5.75 Å². The molecule has 2 aliphatic rings. The Bertz CT molecular complexity index is 2380. The summed E-state index contributed by atoms with van der Waals surface area (Å²) in [4.78, 5) is 48.0. The fourth-order valence-electron chi connectivity index (χ4n) is 8.44. The number of ether oxygens (including phenoxy) is 1. The Labute approximate surface area is 366 Å². The standard InChI is InChI=1S/C45H56BrN10O4P/c1-30(6-13-41(58)50-29-57)33-7-9-34(10-8-33)55-20-15-32(16-21-55)14-19-54-22-24-56(25-23-54)39-27-40(60-3)38(26-31(39)2)52-45-49-28-35(46)44(53-45)51-37-12-11-36-42(48-18-17-47-36)43(37)61(4,5)59/h7-12,17-18,26-30,32H,6,13-16,19-25H2,1-5H3,(H,50,57,58)(H2,49,51,52,53). The quantitative estimate of drug-likeness (QED) is 0.0651. The second-order valence-electron chi connectivity index (χ2n) is 16.5. The Morgan fingerprint density at radius 1 is 0.951 bits per heavy atom. The molecule has 3 N–H and O–H groups in total. The van der Waals surface area contributed by atoms with E-state index >= 15 is 0 Å². The molecule has 4 heterocycles. The summed E-state index contributed by atoms with van der Waals surface area (Å²) in [6.07, 6.45) is 10.1. The van der Waals surface area contributed by atoms with Gasteiger partial charge in [-0.25, -0.2) is 4.98 Å². The van der Waals surface area contributed by atoms with Gasteiger partial charge in [-0.3, -0.25) is 29.8 Å². The summed E-state index contributed by atoms with van der Waals surface area (Å²) in [5.74, 6) is 2.35. The topological polar surface area (TPSA) is 158 Å². The molecule has 3 aromatic carbocycles. The van der Waals surface area contributed by atoms with Gasteiger partial charge >= 0.3 is 0 Å². The van der Waals surface area contributed by atoms with Crippen LogP contribution in [0.1, 0.15) is 56.1 Å². The Kier molecular flexibility index (Phi) is 14.2. The minimum absolute atomic E-state index is 0.229. The number of amides is 2. The summed E-state index contributed by atoms with van der Waals surface area (Å²) in [6, 6.07) is 16.7. The highest BCUT2D eigenvalue weighted by Crippen LogP contribution is 2.42. The van der Waals surface area contributed by atoms with Crippen LogP contribution >= 0.6 is 23.1 Å². The van der Waals surface area contributed by atoms with Gasteiger partial charge in [-0.05, 0) is 122 Å². The number of aromatic nitrogens is 4. The average molecular weight is 912 g/mol. The van der Waals surface area contributed by atoms with Crippen LogP contribution in [0.25, 0.3) is 11.0 Å². The van der Waals surface area contributed by atoms with Crippen molar-refractivity contribution in [3.63, 3.8) is 0 Å². The van der Waals surface area contributed by atoms with Gasteiger partial charge in [0.1, 0.15) is 24.2 Å². The number of nitrogens with zero attached hydrogens (tertiary/aromatic N) is 7. The van der Waals surface area contributed by atoms with Crippen molar-refractivity contribution in [2.75, 3.05) is 86.7 Å². The average Bonchev–Trinajstić information content (AvgIpc) is 3.26. The number of carbonyl (C=O) groups is 2. The van der Waals surface area contributed by atoms with Gasteiger partial charge in [-0.2, -0.15) is 4.98 Å². The Hall–Kier alpha value is -5.11. The Morgan fingerprint density at radius 3 is 2.39 bits per heavy atom. The Morgan fingerprint density at radius 2 is 1.69 bits per heavy atom. The number of aryl methyl sites for hydroxylation is 1. The molecule has 322 valence electrons. The van der Waals surface area contributed by atoms with E-state index in [1.165, 1.54) is 30.5 Å². The van der Waals surface area contributed by atoms with E-state index in [0.717, 1.165) is 68.7 Å². The molecule has 61 heavy (non-hydrogen) atoms. The highest BCUT2D eigenvalue weighted by Gasteiger charge is 2.25. The molecule has 7 rings (SSSR count). The molecule has 5 aromatic rings. The molecule has 1 atom stereocenters. The third-order valence-corrected chi connectivity index (χ3v) is 14.1. The second kappa shape index (κ2) is 19.7. The van der Waals surface area contributed by atoms with Crippen molar-refractivity contribution in [3.8, 4) is 5.75 Å². The number of hydrogen-bond acceptors (Lipinski definition) is 13. The lowest BCUT2D eigenvalue weighted by Crippen LogP contribution is -2.47. The zero-order valence-corrected chi connectivity index (χ0v) is 38.1. The third kappa shape index (κ3) is 10.9. The van der Waals surface area contributed by atoms with Crippen molar-refractivity contribution in [2.45, 2.75) is 51.9 Å². The molecule has 2 saturated heterocycles. The van der Waals surface area contributed by atoms with Crippen LogP contribution in [0.3, 0.4) is 0 Å². The van der Waals surface area contributed by atoms with E-state index in [4.69, 9.17) is 9.72 Å². The van der Waals surface area contributed by atoms with Crippen LogP contribution in [0.15, 0.2) is 71.6 Å². The maximum atomic E-state index is 13.5. The number of anilines is 6. The first kappa shape index (κ1) is 44.0. The molecule has 0 bridgehead atoms. The molecule has 2 fully saturated rings. The molecule has 0 radical (unpaired) electrons. The molecule has 2 amide bonds. The largest absolute Gasteiger partial charge is 0.494 e. The smallest absolute Gasteiger partial charge is 0.229 e. The highest BCUT2D eigenvalue weighted by molar-refractivity contribution is 9.10. The van der Waals surface area contributed by atoms with E-state index in [1.54, 1.807) is 39.0 Å². The van der Waals surface area contributed by atoms with Gasteiger partial charge in [-0.15, -0.1) is 0 Å². The van der Waals surface area contributed by atoms with E-state index < -0.39 is 7.14 Å². The minimum atomic E-state index is -2.76. The molecule has 0 spiro atoms. The number of piperidine rings is 1. The first-order chi connectivity index (χ1) is 29.4.